The molecule has 1 atom stereocenters. The summed E-state index contributed by atoms with van der Waals surface area (Å²) in [5.41, 5.74) is -0.0286. The van der Waals surface area contributed by atoms with Crippen LogP contribution in [0.1, 0.15) is 12.0 Å². The number of aliphatic carboxylic acids is 1. The minimum Gasteiger partial charge on any atom is -0.481 e. The zero-order valence-electron chi connectivity index (χ0n) is 9.17. The maximum Gasteiger partial charge on any atom is 0.304 e. The fourth-order valence-electron chi connectivity index (χ4n) is 1.30. The number of halogens is 1. The first-order chi connectivity index (χ1) is 8.41. The summed E-state index contributed by atoms with van der Waals surface area (Å²) in [6.45, 7) is 0. The van der Waals surface area contributed by atoms with E-state index in [4.69, 9.17) is 16.7 Å². The van der Waals surface area contributed by atoms with Crippen molar-refractivity contribution in [3.05, 3.63) is 38.9 Å². The molecule has 0 aliphatic rings. The van der Waals surface area contributed by atoms with Gasteiger partial charge in [-0.15, -0.1) is 0 Å². The fourth-order valence-corrected chi connectivity index (χ4v) is 2.78. The molecular formula is C10H10ClNO5S. The van der Waals surface area contributed by atoms with Crippen LogP contribution >= 0.6 is 11.6 Å². The number of carbonyl (C=O) groups is 1. The number of rotatable bonds is 6. The van der Waals surface area contributed by atoms with Crippen LogP contribution in [0.4, 0.5) is 5.69 Å². The molecule has 8 heteroatoms. The number of hydrogen-bond acceptors (Lipinski definition) is 4. The van der Waals surface area contributed by atoms with E-state index in [1.54, 1.807) is 0 Å². The number of nitrogens with zero attached hydrogens (tertiary/aromatic N) is 1. The van der Waals surface area contributed by atoms with E-state index >= 15 is 0 Å². The normalized spacial score (nSPS) is 12.1. The van der Waals surface area contributed by atoms with Crippen LogP contribution in [-0.2, 0) is 21.3 Å². The van der Waals surface area contributed by atoms with Gasteiger partial charge in [-0.2, -0.15) is 0 Å². The first-order valence-electron chi connectivity index (χ1n) is 4.90. The largest absolute Gasteiger partial charge is 0.481 e. The van der Waals surface area contributed by atoms with Gasteiger partial charge < -0.3 is 5.11 Å². The zero-order chi connectivity index (χ0) is 13.7. The SMILES string of the molecule is O=C(O)CCS(=O)Cc1c(Cl)cccc1[N+](=O)[O-]. The third kappa shape index (κ3) is 4.08. The van der Waals surface area contributed by atoms with Gasteiger partial charge in [0.15, 0.2) is 0 Å². The molecule has 6 nitrogen and oxygen atoms in total. The molecule has 98 valence electrons. The molecule has 0 fully saturated rings. The molecule has 18 heavy (non-hydrogen) atoms. The van der Waals surface area contributed by atoms with E-state index in [1.165, 1.54) is 18.2 Å². The molecule has 0 heterocycles. The smallest absolute Gasteiger partial charge is 0.304 e. The Labute approximate surface area is 110 Å². The lowest BCUT2D eigenvalue weighted by molar-refractivity contribution is -0.385. The Morgan fingerprint density at radius 1 is 1.50 bits per heavy atom. The van der Waals surface area contributed by atoms with Crippen molar-refractivity contribution < 1.29 is 19.0 Å². The van der Waals surface area contributed by atoms with Crippen molar-refractivity contribution in [1.82, 2.24) is 0 Å². The van der Waals surface area contributed by atoms with Crippen molar-refractivity contribution in [2.45, 2.75) is 12.2 Å². The Bertz CT molecular complexity index is 505. The molecule has 1 unspecified atom stereocenters. The second-order valence-corrected chi connectivity index (χ2v) is 5.41. The van der Waals surface area contributed by atoms with Gasteiger partial charge in [0.1, 0.15) is 0 Å². The van der Waals surface area contributed by atoms with E-state index in [-0.39, 0.29) is 34.2 Å². The molecule has 1 rings (SSSR count). The van der Waals surface area contributed by atoms with Crippen molar-refractivity contribution in [2.24, 2.45) is 0 Å². The second kappa shape index (κ2) is 6.46. The Balaban J connectivity index is 2.86. The molecule has 0 amide bonds. The molecule has 0 radical (unpaired) electrons. The van der Waals surface area contributed by atoms with Gasteiger partial charge in [-0.05, 0) is 6.07 Å². The maximum absolute atomic E-state index is 11.6. The van der Waals surface area contributed by atoms with Crippen molar-refractivity contribution in [3.8, 4) is 0 Å². The molecular weight excluding hydrogens is 282 g/mol. The van der Waals surface area contributed by atoms with Crippen LogP contribution in [0.2, 0.25) is 5.02 Å². The standard InChI is InChI=1S/C10H10ClNO5S/c11-8-2-1-3-9(12(15)16)7(8)6-18(17)5-4-10(13)14/h1-3H,4-6H2,(H,13,14). The predicted octanol–water partition coefficient (Wildman–Crippen LogP) is 1.97. The number of benzene rings is 1. The fraction of sp³-hybridized carbons (Fsp3) is 0.300. The van der Waals surface area contributed by atoms with E-state index in [9.17, 15) is 19.1 Å². The minimum absolute atomic E-state index is 0.0578. The molecule has 1 aromatic rings. The van der Waals surface area contributed by atoms with Crippen LogP contribution in [0.15, 0.2) is 18.2 Å². The maximum atomic E-state index is 11.6. The number of nitro groups is 1. The highest BCUT2D eigenvalue weighted by molar-refractivity contribution is 7.84. The zero-order valence-corrected chi connectivity index (χ0v) is 10.7. The van der Waals surface area contributed by atoms with Gasteiger partial charge in [0, 0.05) is 22.6 Å². The number of carboxylic acid groups (broad SMARTS) is 1. The van der Waals surface area contributed by atoms with Gasteiger partial charge in [0.2, 0.25) is 0 Å². The first-order valence-corrected chi connectivity index (χ1v) is 6.77. The van der Waals surface area contributed by atoms with E-state index in [2.05, 4.69) is 0 Å². The highest BCUT2D eigenvalue weighted by Gasteiger charge is 2.18. The van der Waals surface area contributed by atoms with Crippen LogP contribution in [-0.4, -0.2) is 26.0 Å². The summed E-state index contributed by atoms with van der Waals surface area (Å²) in [6.07, 6.45) is -0.245. The van der Waals surface area contributed by atoms with Crippen LogP contribution in [0, 0.1) is 10.1 Å². The van der Waals surface area contributed by atoms with Gasteiger partial charge in [0.25, 0.3) is 5.69 Å². The Morgan fingerprint density at radius 2 is 2.17 bits per heavy atom. The van der Waals surface area contributed by atoms with Gasteiger partial charge in [0.05, 0.1) is 27.7 Å². The van der Waals surface area contributed by atoms with Gasteiger partial charge in [-0.1, -0.05) is 17.7 Å². The molecule has 1 N–H and O–H groups in total. The van der Waals surface area contributed by atoms with E-state index in [0.29, 0.717) is 0 Å². The van der Waals surface area contributed by atoms with Gasteiger partial charge in [-0.3, -0.25) is 19.1 Å². The quantitative estimate of drug-likeness (QED) is 0.638. The Kier molecular flexibility index (Phi) is 5.24. The Hall–Kier alpha value is -1.47. The first kappa shape index (κ1) is 14.6. The monoisotopic (exact) mass is 291 g/mol. The average Bonchev–Trinajstić information content (AvgIpc) is 2.28. The summed E-state index contributed by atoms with van der Waals surface area (Å²) in [4.78, 5) is 20.5. The topological polar surface area (TPSA) is 97.5 Å². The summed E-state index contributed by atoms with van der Waals surface area (Å²) < 4.78 is 11.6. The summed E-state index contributed by atoms with van der Waals surface area (Å²) in [5.74, 6) is -1.24. The van der Waals surface area contributed by atoms with Crippen LogP contribution in [0.5, 0.6) is 0 Å². The molecule has 1 aromatic carbocycles. The molecule has 0 aliphatic carbocycles. The lowest BCUT2D eigenvalue weighted by Gasteiger charge is -2.04. The highest BCUT2D eigenvalue weighted by Crippen LogP contribution is 2.27. The van der Waals surface area contributed by atoms with Crippen LogP contribution < -0.4 is 0 Å². The Morgan fingerprint density at radius 3 is 2.72 bits per heavy atom. The highest BCUT2D eigenvalue weighted by atomic mass is 35.5. The lowest BCUT2D eigenvalue weighted by atomic mass is 10.2. The summed E-state index contributed by atoms with van der Waals surface area (Å²) in [7, 11) is -1.50. The second-order valence-electron chi connectivity index (χ2n) is 3.43. The molecule has 0 aromatic heterocycles. The van der Waals surface area contributed by atoms with E-state index < -0.39 is 21.7 Å². The molecule has 0 bridgehead atoms. The van der Waals surface area contributed by atoms with Gasteiger partial charge >= 0.3 is 5.97 Å². The average molecular weight is 292 g/mol. The summed E-state index contributed by atoms with van der Waals surface area (Å²) in [6, 6.07) is 4.18. The minimum atomic E-state index is -1.50. The van der Waals surface area contributed by atoms with E-state index in [1.807, 2.05) is 0 Å². The molecule has 0 saturated heterocycles. The number of carboxylic acids is 1. The number of hydrogen-bond donors (Lipinski definition) is 1. The van der Waals surface area contributed by atoms with Gasteiger partial charge in [-0.25, -0.2) is 0 Å². The molecule has 0 spiro atoms. The van der Waals surface area contributed by atoms with Crippen molar-refractivity contribution in [3.63, 3.8) is 0 Å². The van der Waals surface area contributed by atoms with Crippen molar-refractivity contribution >= 4 is 34.1 Å². The molecule has 0 aliphatic heterocycles. The lowest BCUT2D eigenvalue weighted by Crippen LogP contribution is -2.08. The third-order valence-electron chi connectivity index (χ3n) is 2.14. The van der Waals surface area contributed by atoms with Crippen LogP contribution in [0.3, 0.4) is 0 Å². The number of nitro benzene ring substituents is 1. The third-order valence-corrected chi connectivity index (χ3v) is 3.76. The summed E-state index contributed by atoms with van der Waals surface area (Å²) >= 11 is 5.83. The van der Waals surface area contributed by atoms with Crippen molar-refractivity contribution in [1.29, 1.82) is 0 Å². The van der Waals surface area contributed by atoms with E-state index in [0.717, 1.165) is 0 Å². The van der Waals surface area contributed by atoms with Crippen LogP contribution in [0.25, 0.3) is 0 Å². The van der Waals surface area contributed by atoms with Crippen molar-refractivity contribution in [2.75, 3.05) is 5.75 Å². The predicted molar refractivity (Wildman–Crippen MR) is 67.1 cm³/mol. The molecule has 0 saturated carbocycles. The summed E-state index contributed by atoms with van der Waals surface area (Å²) in [5, 5.41) is 19.4.